The molecule has 0 fully saturated rings. The number of hydrogen-bond acceptors (Lipinski definition) is 7. The molecule has 0 radical (unpaired) electrons. The molecule has 1 aromatic heterocycles. The Morgan fingerprint density at radius 3 is 2.32 bits per heavy atom. The zero-order chi connectivity index (χ0) is 24.7. The van der Waals surface area contributed by atoms with Crippen molar-refractivity contribution in [1.29, 1.82) is 0 Å². The summed E-state index contributed by atoms with van der Waals surface area (Å²) in [5.41, 5.74) is 1.43. The van der Waals surface area contributed by atoms with Crippen molar-refractivity contribution in [2.75, 3.05) is 31.0 Å². The Kier molecular flexibility index (Phi) is 8.12. The molecule has 180 valence electrons. The van der Waals surface area contributed by atoms with E-state index in [1.54, 1.807) is 18.2 Å². The number of nitrogens with one attached hydrogen (secondary N) is 2. The van der Waals surface area contributed by atoms with Crippen LogP contribution < -0.4 is 15.4 Å². The summed E-state index contributed by atoms with van der Waals surface area (Å²) in [6, 6.07) is 11.4. The van der Waals surface area contributed by atoms with Gasteiger partial charge in [0.2, 0.25) is 5.95 Å². The van der Waals surface area contributed by atoms with E-state index < -0.39 is 17.0 Å². The molecule has 0 saturated carbocycles. The lowest BCUT2D eigenvalue weighted by molar-refractivity contribution is -0.125. The van der Waals surface area contributed by atoms with Crippen LogP contribution >= 0.6 is 0 Å². The van der Waals surface area contributed by atoms with Crippen molar-refractivity contribution in [1.82, 2.24) is 9.97 Å². The number of halogens is 2. The molecule has 3 aromatic rings. The Morgan fingerprint density at radius 2 is 1.68 bits per heavy atom. The maximum Gasteiger partial charge on any atom is 0.229 e. The molecule has 3 rings (SSSR count). The van der Waals surface area contributed by atoms with Gasteiger partial charge in [0.15, 0.2) is 23.2 Å². The minimum absolute atomic E-state index is 0.0454. The smallest absolute Gasteiger partial charge is 0.229 e. The molecule has 0 bridgehead atoms. The Labute approximate surface area is 197 Å². The van der Waals surface area contributed by atoms with Gasteiger partial charge >= 0.3 is 0 Å². The summed E-state index contributed by atoms with van der Waals surface area (Å²) in [5, 5.41) is 5.75. The highest BCUT2D eigenvalue weighted by atomic mass is 19.1. The Morgan fingerprint density at radius 1 is 0.971 bits per heavy atom. The fourth-order valence-corrected chi connectivity index (χ4v) is 2.87. The molecule has 0 spiro atoms. The second-order valence-electron chi connectivity index (χ2n) is 8.67. The van der Waals surface area contributed by atoms with E-state index in [0.29, 0.717) is 24.4 Å². The van der Waals surface area contributed by atoms with Crippen LogP contribution in [-0.4, -0.2) is 36.1 Å². The van der Waals surface area contributed by atoms with Gasteiger partial charge in [0, 0.05) is 36.4 Å². The second kappa shape index (κ2) is 11.0. The van der Waals surface area contributed by atoms with Gasteiger partial charge in [-0.1, -0.05) is 32.9 Å². The molecule has 0 aliphatic rings. The van der Waals surface area contributed by atoms with Gasteiger partial charge in [-0.25, -0.2) is 13.8 Å². The minimum Gasteiger partial charge on any atom is -0.488 e. The first-order valence-electron chi connectivity index (χ1n) is 10.8. The normalized spacial score (nSPS) is 11.2. The highest BCUT2D eigenvalue weighted by Gasteiger charge is 2.21. The predicted molar refractivity (Wildman–Crippen MR) is 127 cm³/mol. The molecule has 2 N–H and O–H groups in total. The standard InChI is InChI=1S/C25H28F2N4O3/c1-25(2,3)22(32)13-16-5-7-17(8-6-16)29-23-20(27)15-28-24(31-23)30-18-9-10-21(19(26)14-18)34-12-11-33-4/h5-10,14-15H,11-13H2,1-4H3,(H2,28,29,30,31). The molecule has 0 unspecified atom stereocenters. The summed E-state index contributed by atoms with van der Waals surface area (Å²) in [5.74, 6) is -0.939. The van der Waals surface area contributed by atoms with Crippen LogP contribution in [0.15, 0.2) is 48.7 Å². The van der Waals surface area contributed by atoms with E-state index in [4.69, 9.17) is 9.47 Å². The van der Waals surface area contributed by atoms with Crippen molar-refractivity contribution in [2.24, 2.45) is 5.41 Å². The first-order chi connectivity index (χ1) is 16.2. The van der Waals surface area contributed by atoms with Crippen LogP contribution in [0.25, 0.3) is 0 Å². The van der Waals surface area contributed by atoms with Gasteiger partial charge in [-0.2, -0.15) is 4.98 Å². The van der Waals surface area contributed by atoms with Crippen LogP contribution in [0.2, 0.25) is 0 Å². The van der Waals surface area contributed by atoms with E-state index in [-0.39, 0.29) is 29.9 Å². The molecule has 7 nitrogen and oxygen atoms in total. The van der Waals surface area contributed by atoms with Crippen molar-refractivity contribution >= 4 is 28.9 Å². The number of ketones is 1. The van der Waals surface area contributed by atoms with Gasteiger partial charge in [-0.05, 0) is 29.8 Å². The number of nitrogens with zero attached hydrogens (tertiary/aromatic N) is 2. The minimum atomic E-state index is -0.648. The van der Waals surface area contributed by atoms with Crippen molar-refractivity contribution in [2.45, 2.75) is 27.2 Å². The van der Waals surface area contributed by atoms with Crippen LogP contribution in [0.1, 0.15) is 26.3 Å². The Bertz CT molecular complexity index is 1130. The summed E-state index contributed by atoms with van der Waals surface area (Å²) in [7, 11) is 1.53. The molecule has 0 atom stereocenters. The molecular weight excluding hydrogens is 442 g/mol. The van der Waals surface area contributed by atoms with Gasteiger partial charge in [-0.15, -0.1) is 0 Å². The highest BCUT2D eigenvalue weighted by Crippen LogP contribution is 2.25. The largest absolute Gasteiger partial charge is 0.488 e. The van der Waals surface area contributed by atoms with Gasteiger partial charge in [0.05, 0.1) is 12.8 Å². The summed E-state index contributed by atoms with van der Waals surface area (Å²) >= 11 is 0. The molecule has 9 heteroatoms. The number of carbonyl (C=O) groups is 1. The van der Waals surface area contributed by atoms with E-state index in [2.05, 4.69) is 20.6 Å². The number of rotatable bonds is 10. The van der Waals surface area contributed by atoms with Gasteiger partial charge in [0.25, 0.3) is 0 Å². The molecule has 1 heterocycles. The van der Waals surface area contributed by atoms with E-state index in [0.717, 1.165) is 11.8 Å². The van der Waals surface area contributed by atoms with Crippen LogP contribution in [0.3, 0.4) is 0 Å². The lowest BCUT2D eigenvalue weighted by atomic mass is 9.87. The van der Waals surface area contributed by atoms with Crippen molar-refractivity contribution in [3.8, 4) is 5.75 Å². The van der Waals surface area contributed by atoms with Gasteiger partial charge in [-0.3, -0.25) is 4.79 Å². The molecule has 0 saturated heterocycles. The Hall–Kier alpha value is -3.59. The zero-order valence-corrected chi connectivity index (χ0v) is 19.6. The molecule has 34 heavy (non-hydrogen) atoms. The molecular formula is C25H28F2N4O3. The molecule has 0 aliphatic heterocycles. The van der Waals surface area contributed by atoms with Crippen molar-refractivity contribution in [3.05, 3.63) is 65.9 Å². The van der Waals surface area contributed by atoms with E-state index in [1.165, 1.54) is 19.2 Å². The van der Waals surface area contributed by atoms with Crippen LogP contribution in [0.4, 0.5) is 31.9 Å². The van der Waals surface area contributed by atoms with Crippen LogP contribution in [0, 0.1) is 17.0 Å². The number of hydrogen-bond donors (Lipinski definition) is 2. The third-order valence-corrected chi connectivity index (χ3v) is 4.90. The van der Waals surface area contributed by atoms with E-state index >= 15 is 0 Å². The quantitative estimate of drug-likeness (QED) is 0.383. The number of aromatic nitrogens is 2. The lowest BCUT2D eigenvalue weighted by Gasteiger charge is -2.16. The number of ether oxygens (including phenoxy) is 2. The average Bonchev–Trinajstić information content (AvgIpc) is 2.78. The number of carbonyl (C=O) groups excluding carboxylic acids is 1. The van der Waals surface area contributed by atoms with Crippen LogP contribution in [0.5, 0.6) is 5.75 Å². The maximum atomic E-state index is 14.3. The third kappa shape index (κ3) is 6.95. The third-order valence-electron chi connectivity index (χ3n) is 4.90. The summed E-state index contributed by atoms with van der Waals surface area (Å²) < 4.78 is 38.7. The fraction of sp³-hybridized carbons (Fsp3) is 0.320. The first kappa shape index (κ1) is 25.0. The number of Topliss-reactive ketones (excluding diaryl/α,β-unsaturated/α-hetero) is 1. The predicted octanol–water partition coefficient (Wildman–Crippen LogP) is 5.42. The number of methoxy groups -OCH3 is 1. The highest BCUT2D eigenvalue weighted by molar-refractivity contribution is 5.85. The van der Waals surface area contributed by atoms with E-state index in [1.807, 2.05) is 32.9 Å². The topological polar surface area (TPSA) is 85.4 Å². The summed E-state index contributed by atoms with van der Waals surface area (Å²) in [4.78, 5) is 20.3. The average molecular weight is 471 g/mol. The van der Waals surface area contributed by atoms with Gasteiger partial charge in [0.1, 0.15) is 12.4 Å². The molecule has 2 aromatic carbocycles. The SMILES string of the molecule is COCCOc1ccc(Nc2ncc(F)c(Nc3ccc(CC(=O)C(C)(C)C)cc3)n2)cc1F. The zero-order valence-electron chi connectivity index (χ0n) is 19.6. The van der Waals surface area contributed by atoms with Gasteiger partial charge < -0.3 is 20.1 Å². The van der Waals surface area contributed by atoms with Crippen molar-refractivity contribution < 1.29 is 23.0 Å². The Balaban J connectivity index is 1.67. The maximum absolute atomic E-state index is 14.3. The second-order valence-corrected chi connectivity index (χ2v) is 8.67. The monoisotopic (exact) mass is 470 g/mol. The van der Waals surface area contributed by atoms with Crippen LogP contribution in [-0.2, 0) is 16.0 Å². The van der Waals surface area contributed by atoms with Crippen molar-refractivity contribution in [3.63, 3.8) is 0 Å². The molecule has 0 amide bonds. The fourth-order valence-electron chi connectivity index (χ4n) is 2.87. The lowest BCUT2D eigenvalue weighted by Crippen LogP contribution is -2.22. The summed E-state index contributed by atoms with van der Waals surface area (Å²) in [6.45, 7) is 6.22. The number of anilines is 4. The first-order valence-corrected chi connectivity index (χ1v) is 10.8. The number of benzene rings is 2. The molecule has 0 aliphatic carbocycles. The van der Waals surface area contributed by atoms with E-state index in [9.17, 15) is 13.6 Å². The summed E-state index contributed by atoms with van der Waals surface area (Å²) in [6.07, 6.45) is 1.35.